The van der Waals surface area contributed by atoms with Crippen LogP contribution >= 0.6 is 11.6 Å². The normalized spacial score (nSPS) is 16.6. The zero-order valence-corrected chi connectivity index (χ0v) is 20.3. The van der Waals surface area contributed by atoms with Crippen LogP contribution in [0.2, 0.25) is 5.02 Å². The predicted molar refractivity (Wildman–Crippen MR) is 126 cm³/mol. The maximum Gasteiger partial charge on any atom is 0.314 e. The van der Waals surface area contributed by atoms with Gasteiger partial charge in [0.15, 0.2) is 24.7 Å². The van der Waals surface area contributed by atoms with Gasteiger partial charge < -0.3 is 19.5 Å². The highest BCUT2D eigenvalue weighted by Gasteiger charge is 2.35. The van der Waals surface area contributed by atoms with Gasteiger partial charge in [-0.3, -0.25) is 10.1 Å². The van der Waals surface area contributed by atoms with Gasteiger partial charge >= 0.3 is 5.92 Å². The number of rotatable bonds is 9. The molecule has 1 unspecified atom stereocenters. The van der Waals surface area contributed by atoms with Crippen LogP contribution in [0, 0.1) is 11.8 Å². The van der Waals surface area contributed by atoms with Gasteiger partial charge in [0.25, 0.3) is 0 Å². The minimum atomic E-state index is -3.12. The van der Waals surface area contributed by atoms with E-state index >= 15 is 0 Å². The Bertz CT molecular complexity index is 975. The number of carbonyl (C=O) groups is 1. The minimum Gasteiger partial charge on any atom is -0.483 e. The molecule has 1 aliphatic rings. The molecule has 2 atom stereocenters. The van der Waals surface area contributed by atoms with Gasteiger partial charge in [-0.1, -0.05) is 62.7 Å². The van der Waals surface area contributed by atoms with Crippen molar-refractivity contribution in [2.75, 3.05) is 26.3 Å². The Labute approximate surface area is 203 Å². The first-order chi connectivity index (χ1) is 16.1. The van der Waals surface area contributed by atoms with Gasteiger partial charge in [0.1, 0.15) is 6.23 Å². The van der Waals surface area contributed by atoms with E-state index in [0.717, 1.165) is 0 Å². The minimum absolute atomic E-state index is 0.0804. The average Bonchev–Trinajstić information content (AvgIpc) is 2.95. The number of ether oxygens (including phenoxy) is 2. The SMILES string of the molecule is CC(C)CN(Cc1cc(Cl)c2c(c1)OCC(F)(F)CO2)C(=O)[C@H](C)CNC(O)c1ccccc1. The molecule has 186 valence electrons. The summed E-state index contributed by atoms with van der Waals surface area (Å²) in [7, 11) is 0. The molecule has 0 bridgehead atoms. The van der Waals surface area contributed by atoms with Crippen LogP contribution in [0.4, 0.5) is 8.78 Å². The Morgan fingerprint density at radius 2 is 1.85 bits per heavy atom. The average molecular weight is 497 g/mol. The maximum absolute atomic E-state index is 13.7. The lowest BCUT2D eigenvalue weighted by Crippen LogP contribution is -2.41. The molecule has 2 aromatic carbocycles. The van der Waals surface area contributed by atoms with Gasteiger partial charge in [-0.2, -0.15) is 8.78 Å². The van der Waals surface area contributed by atoms with Gasteiger partial charge in [-0.05, 0) is 29.2 Å². The Hall–Kier alpha value is -2.42. The van der Waals surface area contributed by atoms with Crippen molar-refractivity contribution >= 4 is 17.5 Å². The molecule has 0 spiro atoms. The van der Waals surface area contributed by atoms with Crippen molar-refractivity contribution in [1.82, 2.24) is 10.2 Å². The summed E-state index contributed by atoms with van der Waals surface area (Å²) in [5.74, 6) is -3.21. The van der Waals surface area contributed by atoms with E-state index in [1.807, 2.05) is 32.0 Å². The summed E-state index contributed by atoms with van der Waals surface area (Å²) < 4.78 is 37.8. The Kier molecular flexibility index (Phi) is 8.73. The van der Waals surface area contributed by atoms with Crippen molar-refractivity contribution in [3.8, 4) is 11.5 Å². The van der Waals surface area contributed by atoms with Crippen molar-refractivity contribution in [2.24, 2.45) is 11.8 Å². The van der Waals surface area contributed by atoms with Crippen LogP contribution in [0.5, 0.6) is 11.5 Å². The van der Waals surface area contributed by atoms with Gasteiger partial charge in [-0.15, -0.1) is 0 Å². The van der Waals surface area contributed by atoms with Gasteiger partial charge in [0.2, 0.25) is 5.91 Å². The Morgan fingerprint density at radius 1 is 1.18 bits per heavy atom. The fourth-order valence-corrected chi connectivity index (χ4v) is 3.98. The molecule has 1 aliphatic heterocycles. The van der Waals surface area contributed by atoms with E-state index in [9.17, 15) is 18.7 Å². The van der Waals surface area contributed by atoms with E-state index in [2.05, 4.69) is 5.32 Å². The Morgan fingerprint density at radius 3 is 2.53 bits per heavy atom. The van der Waals surface area contributed by atoms with Crippen molar-refractivity contribution in [2.45, 2.75) is 39.5 Å². The molecule has 0 aliphatic carbocycles. The lowest BCUT2D eigenvalue weighted by molar-refractivity contribution is -0.136. The van der Waals surface area contributed by atoms with Crippen molar-refractivity contribution < 1.29 is 28.2 Å². The number of carbonyl (C=O) groups excluding carboxylic acids is 1. The number of halogens is 3. The molecule has 1 amide bonds. The largest absolute Gasteiger partial charge is 0.483 e. The number of aliphatic hydroxyl groups is 1. The highest BCUT2D eigenvalue weighted by molar-refractivity contribution is 6.32. The van der Waals surface area contributed by atoms with Gasteiger partial charge in [-0.25, -0.2) is 0 Å². The highest BCUT2D eigenvalue weighted by Crippen LogP contribution is 2.40. The van der Waals surface area contributed by atoms with Crippen LogP contribution in [0.1, 0.15) is 38.1 Å². The second-order valence-electron chi connectivity index (χ2n) is 9.07. The highest BCUT2D eigenvalue weighted by atomic mass is 35.5. The summed E-state index contributed by atoms with van der Waals surface area (Å²) in [6, 6.07) is 12.3. The summed E-state index contributed by atoms with van der Waals surface area (Å²) in [6.07, 6.45) is -0.881. The quantitative estimate of drug-likeness (QED) is 0.495. The molecule has 2 N–H and O–H groups in total. The third kappa shape index (κ3) is 7.04. The first kappa shape index (κ1) is 26.2. The van der Waals surface area contributed by atoms with E-state index in [-0.39, 0.29) is 41.4 Å². The number of benzene rings is 2. The first-order valence-electron chi connectivity index (χ1n) is 11.3. The zero-order valence-electron chi connectivity index (χ0n) is 19.6. The van der Waals surface area contributed by atoms with E-state index in [0.29, 0.717) is 17.7 Å². The van der Waals surface area contributed by atoms with Crippen molar-refractivity contribution in [3.05, 3.63) is 58.6 Å². The molecule has 2 aromatic rings. The molecular weight excluding hydrogens is 466 g/mol. The molecule has 34 heavy (non-hydrogen) atoms. The smallest absolute Gasteiger partial charge is 0.314 e. The van der Waals surface area contributed by atoms with Crippen molar-refractivity contribution in [1.29, 1.82) is 0 Å². The van der Waals surface area contributed by atoms with E-state index in [4.69, 9.17) is 21.1 Å². The first-order valence-corrected chi connectivity index (χ1v) is 11.6. The molecular formula is C25H31ClF2N2O4. The maximum atomic E-state index is 13.7. The van der Waals surface area contributed by atoms with E-state index in [1.165, 1.54) is 0 Å². The van der Waals surface area contributed by atoms with Crippen LogP contribution < -0.4 is 14.8 Å². The molecule has 0 fully saturated rings. The molecule has 0 saturated heterocycles. The van der Waals surface area contributed by atoms with Crippen LogP contribution in [-0.2, 0) is 11.3 Å². The molecule has 0 saturated carbocycles. The topological polar surface area (TPSA) is 71.0 Å². The number of nitrogens with one attached hydrogen (secondary N) is 1. The van der Waals surface area contributed by atoms with Crippen LogP contribution in [-0.4, -0.2) is 48.1 Å². The number of hydrogen-bond acceptors (Lipinski definition) is 5. The number of nitrogens with zero attached hydrogens (tertiary/aromatic N) is 1. The molecule has 6 nitrogen and oxygen atoms in total. The lowest BCUT2D eigenvalue weighted by Gasteiger charge is -2.28. The summed E-state index contributed by atoms with van der Waals surface area (Å²) in [4.78, 5) is 15.0. The fraction of sp³-hybridized carbons (Fsp3) is 0.480. The molecule has 0 aromatic heterocycles. The zero-order chi connectivity index (χ0) is 24.9. The number of amides is 1. The summed E-state index contributed by atoms with van der Waals surface area (Å²) >= 11 is 6.30. The summed E-state index contributed by atoms with van der Waals surface area (Å²) in [5.41, 5.74) is 1.37. The van der Waals surface area contributed by atoms with E-state index in [1.54, 1.807) is 36.1 Å². The number of fused-ring (bicyclic) bond motifs is 1. The summed E-state index contributed by atoms with van der Waals surface area (Å²) in [6.45, 7) is 5.20. The lowest BCUT2D eigenvalue weighted by atomic mass is 10.1. The molecule has 9 heteroatoms. The third-order valence-corrected chi connectivity index (χ3v) is 5.64. The standard InChI is InChI=1S/C25H31ClF2N2O4/c1-16(2)12-30(24(32)17(3)11-29-23(31)19-7-5-4-6-8-19)13-18-9-20(26)22-21(10-18)33-14-25(27,28)15-34-22/h4-10,16-17,23,29,31H,11-15H2,1-3H3/t17-,23?/m1/s1. The predicted octanol–water partition coefficient (Wildman–Crippen LogP) is 4.65. The van der Waals surface area contributed by atoms with Gasteiger partial charge in [0, 0.05) is 25.6 Å². The number of hydrogen-bond donors (Lipinski definition) is 2. The second kappa shape index (κ2) is 11.3. The fourth-order valence-electron chi connectivity index (χ4n) is 3.70. The molecule has 1 heterocycles. The number of alkyl halides is 2. The Balaban J connectivity index is 1.70. The van der Waals surface area contributed by atoms with Gasteiger partial charge in [0.05, 0.1) is 5.02 Å². The second-order valence-corrected chi connectivity index (χ2v) is 9.48. The molecule has 0 radical (unpaired) electrons. The molecule has 3 rings (SSSR count). The van der Waals surface area contributed by atoms with Crippen LogP contribution in [0.25, 0.3) is 0 Å². The van der Waals surface area contributed by atoms with E-state index < -0.39 is 31.3 Å². The number of aliphatic hydroxyl groups excluding tert-OH is 1. The third-order valence-electron chi connectivity index (χ3n) is 5.36. The van der Waals surface area contributed by atoms with Crippen molar-refractivity contribution in [3.63, 3.8) is 0 Å². The van der Waals surface area contributed by atoms with Crippen LogP contribution in [0.3, 0.4) is 0 Å². The summed E-state index contributed by atoms with van der Waals surface area (Å²) in [5, 5.41) is 13.5. The van der Waals surface area contributed by atoms with Crippen LogP contribution in [0.15, 0.2) is 42.5 Å². The monoisotopic (exact) mass is 496 g/mol.